The lowest BCUT2D eigenvalue weighted by Crippen LogP contribution is -2.04. The Morgan fingerprint density at radius 3 is 3.14 bits per heavy atom. The van der Waals surface area contributed by atoms with Crippen molar-refractivity contribution in [3.8, 4) is 5.88 Å². The van der Waals surface area contributed by atoms with Crippen LogP contribution in [-0.4, -0.2) is 23.8 Å². The van der Waals surface area contributed by atoms with E-state index < -0.39 is 0 Å². The number of nitrogens with zero attached hydrogens (tertiary/aromatic N) is 2. The number of aromatic nitrogens is 1. The molecule has 0 saturated heterocycles. The number of rotatable bonds is 3. The molecule has 1 aromatic heterocycles. The van der Waals surface area contributed by atoms with Crippen molar-refractivity contribution in [1.29, 1.82) is 0 Å². The van der Waals surface area contributed by atoms with Gasteiger partial charge in [0.2, 0.25) is 5.88 Å². The van der Waals surface area contributed by atoms with Crippen molar-refractivity contribution in [1.82, 2.24) is 4.98 Å². The van der Waals surface area contributed by atoms with Gasteiger partial charge in [0.15, 0.2) is 0 Å². The molecule has 0 aromatic carbocycles. The average Bonchev–Trinajstić information content (AvgIpc) is 2.72. The van der Waals surface area contributed by atoms with Crippen molar-refractivity contribution in [2.45, 2.75) is 19.8 Å². The normalized spacial score (nSPS) is 15.4. The summed E-state index contributed by atoms with van der Waals surface area (Å²) in [6.45, 7) is 3.56. The highest BCUT2D eigenvalue weighted by Gasteiger charge is 2.13. The van der Waals surface area contributed by atoms with Crippen LogP contribution in [0.1, 0.15) is 25.3 Å². The first-order chi connectivity index (χ1) is 6.92. The third kappa shape index (κ3) is 1.76. The number of ether oxygens (including phenoxy) is 1. The first-order valence-corrected chi connectivity index (χ1v) is 5.03. The van der Waals surface area contributed by atoms with Crippen LogP contribution in [0.2, 0.25) is 0 Å². The van der Waals surface area contributed by atoms with Crippen LogP contribution < -0.4 is 4.74 Å². The molecule has 0 aliphatic carbocycles. The molecular weight excluding hydrogens is 176 g/mol. The van der Waals surface area contributed by atoms with E-state index in [0.29, 0.717) is 6.61 Å². The number of hydrogen-bond acceptors (Lipinski definition) is 3. The van der Waals surface area contributed by atoms with Gasteiger partial charge in [-0.2, -0.15) is 0 Å². The van der Waals surface area contributed by atoms with E-state index in [-0.39, 0.29) is 0 Å². The quantitative estimate of drug-likeness (QED) is 0.731. The number of aliphatic imine (C=N–C) groups is 1. The predicted molar refractivity (Wildman–Crippen MR) is 56.0 cm³/mol. The van der Waals surface area contributed by atoms with Gasteiger partial charge < -0.3 is 4.74 Å². The zero-order valence-electron chi connectivity index (χ0n) is 8.36. The van der Waals surface area contributed by atoms with E-state index in [1.807, 2.05) is 19.1 Å². The molecule has 0 amide bonds. The SMILES string of the molecule is CCOc1ncccc1C1=NCCC1. The second-order valence-corrected chi connectivity index (χ2v) is 3.22. The summed E-state index contributed by atoms with van der Waals surface area (Å²) in [7, 11) is 0. The maximum atomic E-state index is 5.46. The van der Waals surface area contributed by atoms with E-state index in [1.54, 1.807) is 6.20 Å². The van der Waals surface area contributed by atoms with Crippen LogP contribution in [0.4, 0.5) is 0 Å². The molecule has 2 rings (SSSR count). The van der Waals surface area contributed by atoms with Crippen LogP contribution >= 0.6 is 0 Å². The minimum Gasteiger partial charge on any atom is -0.477 e. The van der Waals surface area contributed by atoms with Crippen LogP contribution in [0.25, 0.3) is 0 Å². The standard InChI is InChI=1S/C11H14N2O/c1-2-14-11-9(5-3-8-13-11)10-6-4-7-12-10/h3,5,8H,2,4,6-7H2,1H3. The van der Waals surface area contributed by atoms with Crippen LogP contribution in [0.3, 0.4) is 0 Å². The monoisotopic (exact) mass is 190 g/mol. The molecule has 0 bridgehead atoms. The van der Waals surface area contributed by atoms with Gasteiger partial charge in [0.1, 0.15) is 0 Å². The predicted octanol–water partition coefficient (Wildman–Crippen LogP) is 2.06. The summed E-state index contributed by atoms with van der Waals surface area (Å²) < 4.78 is 5.46. The van der Waals surface area contributed by atoms with Gasteiger partial charge in [0.25, 0.3) is 0 Å². The zero-order chi connectivity index (χ0) is 9.80. The summed E-state index contributed by atoms with van der Waals surface area (Å²) in [5, 5.41) is 0. The molecule has 0 atom stereocenters. The van der Waals surface area contributed by atoms with Gasteiger partial charge in [0.05, 0.1) is 12.2 Å². The third-order valence-corrected chi connectivity index (χ3v) is 2.24. The van der Waals surface area contributed by atoms with Crippen molar-refractivity contribution in [3.05, 3.63) is 23.9 Å². The van der Waals surface area contributed by atoms with E-state index in [1.165, 1.54) is 0 Å². The second kappa shape index (κ2) is 4.22. The van der Waals surface area contributed by atoms with Crippen LogP contribution in [0.5, 0.6) is 5.88 Å². The first-order valence-electron chi connectivity index (χ1n) is 5.03. The minimum absolute atomic E-state index is 0.650. The Bertz CT molecular complexity index is 347. The van der Waals surface area contributed by atoms with E-state index in [2.05, 4.69) is 9.98 Å². The Kier molecular flexibility index (Phi) is 2.77. The van der Waals surface area contributed by atoms with Crippen LogP contribution in [0.15, 0.2) is 23.3 Å². The Balaban J connectivity index is 2.31. The highest BCUT2D eigenvalue weighted by molar-refractivity contribution is 6.03. The molecule has 0 fully saturated rings. The Hall–Kier alpha value is -1.38. The van der Waals surface area contributed by atoms with E-state index in [9.17, 15) is 0 Å². The topological polar surface area (TPSA) is 34.5 Å². The van der Waals surface area contributed by atoms with Crippen molar-refractivity contribution in [2.75, 3.05) is 13.2 Å². The molecule has 1 aliphatic heterocycles. The molecule has 0 N–H and O–H groups in total. The average molecular weight is 190 g/mol. The lowest BCUT2D eigenvalue weighted by Gasteiger charge is -2.07. The molecule has 0 spiro atoms. The molecule has 3 heteroatoms. The fourth-order valence-corrected chi connectivity index (χ4v) is 1.62. The first kappa shape index (κ1) is 9.19. The van der Waals surface area contributed by atoms with Crippen molar-refractivity contribution >= 4 is 5.71 Å². The maximum Gasteiger partial charge on any atom is 0.222 e. The van der Waals surface area contributed by atoms with Gasteiger partial charge in [-0.05, 0) is 31.9 Å². The van der Waals surface area contributed by atoms with Crippen LogP contribution in [0, 0.1) is 0 Å². The molecule has 1 aliphatic rings. The molecule has 0 unspecified atom stereocenters. The molecule has 14 heavy (non-hydrogen) atoms. The Morgan fingerprint density at radius 1 is 1.50 bits per heavy atom. The molecule has 0 radical (unpaired) electrons. The zero-order valence-corrected chi connectivity index (χ0v) is 8.36. The van der Waals surface area contributed by atoms with Gasteiger partial charge in [-0.1, -0.05) is 0 Å². The summed E-state index contributed by atoms with van der Waals surface area (Å²) in [4.78, 5) is 8.66. The van der Waals surface area contributed by atoms with Crippen molar-refractivity contribution in [2.24, 2.45) is 4.99 Å². The van der Waals surface area contributed by atoms with Crippen molar-refractivity contribution < 1.29 is 4.74 Å². The fraction of sp³-hybridized carbons (Fsp3) is 0.455. The summed E-state index contributed by atoms with van der Waals surface area (Å²) >= 11 is 0. The van der Waals surface area contributed by atoms with Gasteiger partial charge in [-0.25, -0.2) is 4.98 Å². The Labute approximate surface area is 83.8 Å². The number of hydrogen-bond donors (Lipinski definition) is 0. The smallest absolute Gasteiger partial charge is 0.222 e. The highest BCUT2D eigenvalue weighted by atomic mass is 16.5. The molecular formula is C11H14N2O. The minimum atomic E-state index is 0.650. The lowest BCUT2D eigenvalue weighted by atomic mass is 10.1. The van der Waals surface area contributed by atoms with E-state index in [0.717, 1.165) is 36.5 Å². The van der Waals surface area contributed by atoms with Crippen LogP contribution in [-0.2, 0) is 0 Å². The summed E-state index contributed by atoms with van der Waals surface area (Å²) in [5.74, 6) is 0.718. The van der Waals surface area contributed by atoms with Gasteiger partial charge in [0, 0.05) is 18.5 Å². The lowest BCUT2D eigenvalue weighted by molar-refractivity contribution is 0.326. The Morgan fingerprint density at radius 2 is 2.43 bits per heavy atom. The molecule has 74 valence electrons. The molecule has 1 aromatic rings. The largest absolute Gasteiger partial charge is 0.477 e. The third-order valence-electron chi connectivity index (χ3n) is 2.24. The summed E-state index contributed by atoms with van der Waals surface area (Å²) in [6, 6.07) is 3.96. The summed E-state index contributed by atoms with van der Waals surface area (Å²) in [6.07, 6.45) is 3.95. The van der Waals surface area contributed by atoms with Gasteiger partial charge >= 0.3 is 0 Å². The molecule has 2 heterocycles. The fourth-order valence-electron chi connectivity index (χ4n) is 1.62. The van der Waals surface area contributed by atoms with E-state index >= 15 is 0 Å². The number of pyridine rings is 1. The summed E-state index contributed by atoms with van der Waals surface area (Å²) in [5.41, 5.74) is 2.20. The van der Waals surface area contributed by atoms with Gasteiger partial charge in [-0.3, -0.25) is 4.99 Å². The molecule has 3 nitrogen and oxygen atoms in total. The second-order valence-electron chi connectivity index (χ2n) is 3.22. The highest BCUT2D eigenvalue weighted by Crippen LogP contribution is 2.20. The molecule has 0 saturated carbocycles. The van der Waals surface area contributed by atoms with E-state index in [4.69, 9.17) is 4.74 Å². The van der Waals surface area contributed by atoms with Gasteiger partial charge in [-0.15, -0.1) is 0 Å². The maximum absolute atomic E-state index is 5.46. The van der Waals surface area contributed by atoms with Crippen molar-refractivity contribution in [3.63, 3.8) is 0 Å².